The van der Waals surface area contributed by atoms with Gasteiger partial charge in [-0.25, -0.2) is 0 Å². The Morgan fingerprint density at radius 1 is 1.11 bits per heavy atom. The molecule has 2 fully saturated rings. The Labute approximate surface area is 160 Å². The number of amides is 1. The third kappa shape index (κ3) is 4.73. The Balaban J connectivity index is 1.37. The van der Waals surface area contributed by atoms with E-state index >= 15 is 0 Å². The average Bonchev–Trinajstić information content (AvgIpc) is 3.22. The maximum absolute atomic E-state index is 12.3. The van der Waals surface area contributed by atoms with E-state index in [1.54, 1.807) is 0 Å². The van der Waals surface area contributed by atoms with Crippen LogP contribution in [0.4, 0.5) is 0 Å². The number of carbonyl (C=O) groups excluding carboxylic acids is 1. The monoisotopic (exact) mass is 365 g/mol. The molecule has 2 saturated heterocycles. The number of hydrogen-bond donors (Lipinski definition) is 1. The zero-order chi connectivity index (χ0) is 18.5. The van der Waals surface area contributed by atoms with Crippen molar-refractivity contribution in [1.29, 1.82) is 0 Å². The van der Waals surface area contributed by atoms with Gasteiger partial charge in [0, 0.05) is 30.5 Å². The second-order valence-corrected chi connectivity index (χ2v) is 7.50. The summed E-state index contributed by atoms with van der Waals surface area (Å²) in [5.74, 6) is -0.0399. The van der Waals surface area contributed by atoms with Crippen LogP contribution in [-0.2, 0) is 11.3 Å². The highest BCUT2D eigenvalue weighted by Crippen LogP contribution is 2.19. The van der Waals surface area contributed by atoms with Crippen LogP contribution < -0.4 is 5.32 Å². The quantitative estimate of drug-likeness (QED) is 0.884. The molecule has 27 heavy (non-hydrogen) atoms. The second-order valence-electron chi connectivity index (χ2n) is 7.50. The molecule has 1 unspecified atom stereocenters. The number of pyridine rings is 1. The number of nitrogens with one attached hydrogen (secondary N) is 1. The van der Waals surface area contributed by atoms with Crippen molar-refractivity contribution in [3.05, 3.63) is 53.7 Å². The lowest BCUT2D eigenvalue weighted by atomic mass is 10.1. The highest BCUT2D eigenvalue weighted by atomic mass is 16.5. The number of benzene rings is 1. The van der Waals surface area contributed by atoms with Crippen LogP contribution in [0.5, 0.6) is 0 Å². The van der Waals surface area contributed by atoms with Crippen molar-refractivity contribution in [2.75, 3.05) is 26.3 Å². The lowest BCUT2D eigenvalue weighted by molar-refractivity contribution is 0.0930. The number of carbonyl (C=O) groups is 1. The van der Waals surface area contributed by atoms with Crippen LogP contribution in [-0.4, -0.2) is 48.1 Å². The van der Waals surface area contributed by atoms with E-state index in [-0.39, 0.29) is 11.9 Å². The summed E-state index contributed by atoms with van der Waals surface area (Å²) in [5.41, 5.74) is 3.90. The fraction of sp³-hybridized carbons (Fsp3) is 0.455. The summed E-state index contributed by atoms with van der Waals surface area (Å²) >= 11 is 0. The molecule has 2 aliphatic rings. The Bertz CT molecular complexity index is 746. The summed E-state index contributed by atoms with van der Waals surface area (Å²) in [7, 11) is 0. The predicted octanol–water partition coefficient (Wildman–Crippen LogP) is 3.25. The summed E-state index contributed by atoms with van der Waals surface area (Å²) in [4.78, 5) is 19.4. The van der Waals surface area contributed by atoms with Crippen molar-refractivity contribution in [1.82, 2.24) is 15.2 Å². The number of rotatable bonds is 5. The summed E-state index contributed by atoms with van der Waals surface area (Å²) in [6.45, 7) is 4.70. The first-order valence-corrected chi connectivity index (χ1v) is 9.94. The third-order valence-electron chi connectivity index (χ3n) is 5.39. The molecule has 0 aliphatic carbocycles. The fourth-order valence-electron chi connectivity index (χ4n) is 3.77. The number of aromatic nitrogens is 1. The molecule has 1 amide bonds. The van der Waals surface area contributed by atoms with Crippen molar-refractivity contribution in [2.24, 2.45) is 0 Å². The minimum atomic E-state index is -0.0399. The van der Waals surface area contributed by atoms with E-state index in [1.165, 1.54) is 37.9 Å². The fourth-order valence-corrected chi connectivity index (χ4v) is 3.77. The van der Waals surface area contributed by atoms with Gasteiger partial charge in [0.2, 0.25) is 0 Å². The maximum Gasteiger partial charge on any atom is 0.251 e. The summed E-state index contributed by atoms with van der Waals surface area (Å²) in [6, 6.07) is 12.0. The summed E-state index contributed by atoms with van der Waals surface area (Å²) in [5, 5.41) is 3.02. The predicted molar refractivity (Wildman–Crippen MR) is 105 cm³/mol. The average molecular weight is 365 g/mol. The van der Waals surface area contributed by atoms with Gasteiger partial charge in [-0.2, -0.15) is 0 Å². The van der Waals surface area contributed by atoms with Crippen LogP contribution in [0.3, 0.4) is 0 Å². The lowest BCUT2D eigenvalue weighted by Gasteiger charge is -2.26. The van der Waals surface area contributed by atoms with Crippen molar-refractivity contribution in [3.63, 3.8) is 0 Å². The molecular weight excluding hydrogens is 338 g/mol. The number of likely N-dealkylation sites (tertiary alicyclic amines) is 1. The van der Waals surface area contributed by atoms with Gasteiger partial charge in [0.05, 0.1) is 18.3 Å². The van der Waals surface area contributed by atoms with E-state index in [2.05, 4.69) is 27.3 Å². The Morgan fingerprint density at radius 3 is 2.59 bits per heavy atom. The zero-order valence-electron chi connectivity index (χ0n) is 15.7. The maximum atomic E-state index is 12.3. The van der Waals surface area contributed by atoms with Crippen molar-refractivity contribution >= 4 is 5.91 Å². The largest absolute Gasteiger partial charge is 0.379 e. The number of piperidine rings is 1. The lowest BCUT2D eigenvalue weighted by Crippen LogP contribution is -2.34. The minimum Gasteiger partial charge on any atom is -0.379 e. The van der Waals surface area contributed by atoms with Gasteiger partial charge in [-0.15, -0.1) is 0 Å². The highest BCUT2D eigenvalue weighted by Gasteiger charge is 2.18. The number of ether oxygens (including phenoxy) is 1. The molecule has 0 radical (unpaired) electrons. The van der Waals surface area contributed by atoms with Gasteiger partial charge in [0.15, 0.2) is 0 Å². The molecule has 1 aromatic carbocycles. The standard InChI is InChI=1S/C22H27N3O2/c26-22(24-20-10-13-27-16-20)19-7-5-18(6-8-19)21-9-4-17(14-23-21)15-25-11-2-1-3-12-25/h4-9,14,20H,1-3,10-13,15-16H2,(H,24,26). The van der Waals surface area contributed by atoms with E-state index in [0.29, 0.717) is 12.2 Å². The van der Waals surface area contributed by atoms with E-state index < -0.39 is 0 Å². The van der Waals surface area contributed by atoms with E-state index in [1.807, 2.05) is 30.5 Å². The summed E-state index contributed by atoms with van der Waals surface area (Å²) in [6.07, 6.45) is 6.83. The molecule has 1 atom stereocenters. The van der Waals surface area contributed by atoms with Gasteiger partial charge in [-0.3, -0.25) is 14.7 Å². The second kappa shape index (κ2) is 8.63. The highest BCUT2D eigenvalue weighted by molar-refractivity contribution is 5.94. The molecule has 4 rings (SSSR count). The Hall–Kier alpha value is -2.24. The van der Waals surface area contributed by atoms with Crippen LogP contribution in [0.2, 0.25) is 0 Å². The molecule has 2 aromatic rings. The smallest absolute Gasteiger partial charge is 0.251 e. The molecule has 3 heterocycles. The van der Waals surface area contributed by atoms with E-state index in [0.717, 1.165) is 30.8 Å². The number of hydrogen-bond acceptors (Lipinski definition) is 4. The van der Waals surface area contributed by atoms with Gasteiger partial charge >= 0.3 is 0 Å². The van der Waals surface area contributed by atoms with Gasteiger partial charge in [-0.05, 0) is 56.1 Å². The van der Waals surface area contributed by atoms with Crippen molar-refractivity contribution in [3.8, 4) is 11.3 Å². The molecule has 0 bridgehead atoms. The van der Waals surface area contributed by atoms with Crippen molar-refractivity contribution in [2.45, 2.75) is 38.3 Å². The van der Waals surface area contributed by atoms with Crippen LogP contribution >= 0.6 is 0 Å². The van der Waals surface area contributed by atoms with Crippen LogP contribution in [0, 0.1) is 0 Å². The van der Waals surface area contributed by atoms with Gasteiger partial charge < -0.3 is 10.1 Å². The van der Waals surface area contributed by atoms with Crippen LogP contribution in [0.15, 0.2) is 42.6 Å². The SMILES string of the molecule is O=C(NC1CCOC1)c1ccc(-c2ccc(CN3CCCCC3)cn2)cc1. The Morgan fingerprint density at radius 2 is 1.93 bits per heavy atom. The molecule has 1 N–H and O–H groups in total. The van der Waals surface area contributed by atoms with Crippen molar-refractivity contribution < 1.29 is 9.53 Å². The van der Waals surface area contributed by atoms with Gasteiger partial charge in [-0.1, -0.05) is 24.6 Å². The molecule has 5 nitrogen and oxygen atoms in total. The van der Waals surface area contributed by atoms with Crippen LogP contribution in [0.1, 0.15) is 41.6 Å². The van der Waals surface area contributed by atoms with Gasteiger partial charge in [0.25, 0.3) is 5.91 Å². The summed E-state index contributed by atoms with van der Waals surface area (Å²) < 4.78 is 5.30. The number of nitrogens with zero attached hydrogens (tertiary/aromatic N) is 2. The minimum absolute atomic E-state index is 0.0399. The normalized spacial score (nSPS) is 20.5. The Kier molecular flexibility index (Phi) is 5.80. The van der Waals surface area contributed by atoms with E-state index in [9.17, 15) is 4.79 Å². The molecular formula is C22H27N3O2. The molecule has 0 saturated carbocycles. The first-order valence-electron chi connectivity index (χ1n) is 9.94. The third-order valence-corrected chi connectivity index (χ3v) is 5.39. The first kappa shape index (κ1) is 18.1. The molecule has 1 aromatic heterocycles. The van der Waals surface area contributed by atoms with Crippen LogP contribution in [0.25, 0.3) is 11.3 Å². The van der Waals surface area contributed by atoms with Gasteiger partial charge in [0.1, 0.15) is 0 Å². The molecule has 0 spiro atoms. The topological polar surface area (TPSA) is 54.5 Å². The molecule has 142 valence electrons. The first-order chi connectivity index (χ1) is 13.3. The van der Waals surface area contributed by atoms with E-state index in [4.69, 9.17) is 4.74 Å². The molecule has 5 heteroatoms. The zero-order valence-corrected chi connectivity index (χ0v) is 15.7. The molecule has 2 aliphatic heterocycles.